The zero-order valence-corrected chi connectivity index (χ0v) is 18.5. The number of nitrogens with zero attached hydrogens (tertiary/aromatic N) is 1. The van der Waals surface area contributed by atoms with Gasteiger partial charge in [-0.1, -0.05) is 12.1 Å². The minimum Gasteiger partial charge on any atom is -0.497 e. The molecular weight excluding hydrogens is 438 g/mol. The Bertz CT molecular complexity index is 1210. The predicted octanol–water partition coefficient (Wildman–Crippen LogP) is 3.54. The first-order valence-corrected chi connectivity index (χ1v) is 11.4. The molecule has 0 atom stereocenters. The van der Waals surface area contributed by atoms with Crippen LogP contribution in [0, 0.1) is 0 Å². The van der Waals surface area contributed by atoms with E-state index in [1.54, 1.807) is 37.8 Å². The van der Waals surface area contributed by atoms with E-state index in [0.29, 0.717) is 22.3 Å². The number of nitrogens with one attached hydrogen (secondary N) is 2. The Hall–Kier alpha value is -3.21. The normalized spacial score (nSPS) is 11.0. The molecule has 1 aromatic heterocycles. The van der Waals surface area contributed by atoms with Crippen LogP contribution in [0.3, 0.4) is 0 Å². The van der Waals surface area contributed by atoms with Gasteiger partial charge in [-0.05, 0) is 36.4 Å². The van der Waals surface area contributed by atoms with E-state index < -0.39 is 15.9 Å². The smallest absolute Gasteiger partial charge is 0.257 e. The van der Waals surface area contributed by atoms with Crippen molar-refractivity contribution in [3.05, 3.63) is 66.1 Å². The fraction of sp³-hybridized carbons (Fsp3) is 0.143. The van der Waals surface area contributed by atoms with Crippen LogP contribution in [0.15, 0.2) is 65.4 Å². The largest absolute Gasteiger partial charge is 0.497 e. The summed E-state index contributed by atoms with van der Waals surface area (Å²) in [6.07, 6.45) is 1.44. The van der Waals surface area contributed by atoms with Gasteiger partial charge >= 0.3 is 0 Å². The number of carbonyl (C=O) groups is 1. The number of aromatic nitrogens is 1. The van der Waals surface area contributed by atoms with Crippen LogP contribution in [-0.2, 0) is 10.0 Å². The topological polar surface area (TPSA) is 107 Å². The van der Waals surface area contributed by atoms with Crippen molar-refractivity contribution < 1.29 is 22.7 Å². The Morgan fingerprint density at radius 3 is 2.71 bits per heavy atom. The third-order valence-electron chi connectivity index (χ3n) is 4.23. The maximum absolute atomic E-state index is 12.7. The second-order valence-electron chi connectivity index (χ2n) is 6.23. The zero-order chi connectivity index (χ0) is 22.4. The second-order valence-corrected chi connectivity index (χ2v) is 8.85. The van der Waals surface area contributed by atoms with Crippen molar-refractivity contribution in [2.45, 2.75) is 4.90 Å². The Kier molecular flexibility index (Phi) is 7.06. The van der Waals surface area contributed by atoms with Crippen molar-refractivity contribution in [3.63, 3.8) is 0 Å². The maximum Gasteiger partial charge on any atom is 0.257 e. The summed E-state index contributed by atoms with van der Waals surface area (Å²) in [5.41, 5.74) is 1.53. The summed E-state index contributed by atoms with van der Waals surface area (Å²) in [7, 11) is -0.608. The molecule has 0 aliphatic rings. The van der Waals surface area contributed by atoms with E-state index in [-0.39, 0.29) is 17.0 Å². The number of carbonyl (C=O) groups excluding carboxylic acids is 1. The first-order chi connectivity index (χ1) is 14.9. The van der Waals surface area contributed by atoms with E-state index >= 15 is 0 Å². The average molecular weight is 460 g/mol. The molecular formula is C21H21N3O5S2. The highest BCUT2D eigenvalue weighted by Gasteiger charge is 2.17. The van der Waals surface area contributed by atoms with Crippen LogP contribution in [0.5, 0.6) is 11.5 Å². The summed E-state index contributed by atoms with van der Waals surface area (Å²) in [5.74, 6) is 0.797. The first-order valence-electron chi connectivity index (χ1n) is 9.08. The number of sulfonamides is 1. The van der Waals surface area contributed by atoms with Gasteiger partial charge in [0.05, 0.1) is 24.8 Å². The molecule has 1 amide bonds. The third kappa shape index (κ3) is 5.29. The van der Waals surface area contributed by atoms with Gasteiger partial charge in [-0.2, -0.15) is 0 Å². The lowest BCUT2D eigenvalue weighted by molar-refractivity contribution is 0.102. The van der Waals surface area contributed by atoms with E-state index in [9.17, 15) is 13.2 Å². The van der Waals surface area contributed by atoms with E-state index in [1.165, 1.54) is 41.7 Å². The maximum atomic E-state index is 12.7. The molecule has 31 heavy (non-hydrogen) atoms. The highest BCUT2D eigenvalue weighted by molar-refractivity contribution is 7.89. The SMILES string of the molecule is C=CCNS(=O)(=O)c1cccc(C(=O)Nc2nc(-c3cc(OC)ccc3OC)cs2)c1. The molecule has 3 aromatic rings. The van der Waals surface area contributed by atoms with E-state index in [0.717, 1.165) is 5.56 Å². The highest BCUT2D eigenvalue weighted by atomic mass is 32.2. The summed E-state index contributed by atoms with van der Waals surface area (Å²) in [6, 6.07) is 11.1. The van der Waals surface area contributed by atoms with Gasteiger partial charge in [-0.25, -0.2) is 18.1 Å². The lowest BCUT2D eigenvalue weighted by Gasteiger charge is -2.08. The molecule has 1 heterocycles. The number of thiazole rings is 1. The lowest BCUT2D eigenvalue weighted by atomic mass is 10.1. The quantitative estimate of drug-likeness (QED) is 0.474. The molecule has 0 unspecified atom stereocenters. The molecule has 0 spiro atoms. The minimum atomic E-state index is -3.74. The van der Waals surface area contributed by atoms with Gasteiger partial charge in [0.15, 0.2) is 5.13 Å². The van der Waals surface area contributed by atoms with Crippen LogP contribution in [0.25, 0.3) is 11.3 Å². The Morgan fingerprint density at radius 2 is 2.00 bits per heavy atom. The molecule has 0 fully saturated rings. The monoisotopic (exact) mass is 459 g/mol. The van der Waals surface area contributed by atoms with Gasteiger partial charge in [0.2, 0.25) is 10.0 Å². The van der Waals surface area contributed by atoms with Crippen LogP contribution >= 0.6 is 11.3 Å². The Morgan fingerprint density at radius 1 is 1.19 bits per heavy atom. The number of benzene rings is 2. The van der Waals surface area contributed by atoms with Crippen molar-refractivity contribution in [3.8, 4) is 22.8 Å². The zero-order valence-electron chi connectivity index (χ0n) is 16.9. The lowest BCUT2D eigenvalue weighted by Crippen LogP contribution is -2.24. The molecule has 0 saturated heterocycles. The van der Waals surface area contributed by atoms with Gasteiger partial charge in [0.25, 0.3) is 5.91 Å². The molecule has 8 nitrogen and oxygen atoms in total. The molecule has 162 valence electrons. The fourth-order valence-corrected chi connectivity index (χ4v) is 4.44. The van der Waals surface area contributed by atoms with Crippen molar-refractivity contribution >= 4 is 32.4 Å². The number of amides is 1. The van der Waals surface area contributed by atoms with Crippen LogP contribution in [0.1, 0.15) is 10.4 Å². The average Bonchev–Trinajstić information content (AvgIpc) is 3.25. The summed E-state index contributed by atoms with van der Waals surface area (Å²) >= 11 is 1.24. The molecule has 0 aliphatic heterocycles. The summed E-state index contributed by atoms with van der Waals surface area (Å²) < 4.78 is 37.6. The standard InChI is InChI=1S/C21H21N3O5S2/c1-4-10-22-31(26,27)16-7-5-6-14(11-16)20(25)24-21-23-18(13-30-21)17-12-15(28-2)8-9-19(17)29-3/h4-9,11-13,22H,1,10H2,2-3H3,(H,23,24,25). The van der Waals surface area contributed by atoms with Crippen molar-refractivity contribution in [1.82, 2.24) is 9.71 Å². The summed E-state index contributed by atoms with van der Waals surface area (Å²) in [6.45, 7) is 3.57. The van der Waals surface area contributed by atoms with Crippen LogP contribution < -0.4 is 19.5 Å². The third-order valence-corrected chi connectivity index (χ3v) is 6.41. The number of rotatable bonds is 9. The van der Waals surface area contributed by atoms with E-state index in [1.807, 2.05) is 0 Å². The first kappa shape index (κ1) is 22.5. The van der Waals surface area contributed by atoms with E-state index in [2.05, 4.69) is 21.6 Å². The van der Waals surface area contributed by atoms with Crippen LogP contribution in [0.4, 0.5) is 5.13 Å². The van der Waals surface area contributed by atoms with Gasteiger partial charge in [0, 0.05) is 23.1 Å². The number of hydrogen-bond acceptors (Lipinski definition) is 7. The van der Waals surface area contributed by atoms with Crippen molar-refractivity contribution in [2.75, 3.05) is 26.1 Å². The Labute approximate surface area is 184 Å². The molecule has 0 aliphatic carbocycles. The molecule has 2 aromatic carbocycles. The molecule has 0 bridgehead atoms. The van der Waals surface area contributed by atoms with Crippen molar-refractivity contribution in [2.24, 2.45) is 0 Å². The summed E-state index contributed by atoms with van der Waals surface area (Å²) in [5, 5.41) is 4.85. The van der Waals surface area contributed by atoms with Crippen molar-refractivity contribution in [1.29, 1.82) is 0 Å². The minimum absolute atomic E-state index is 0.0112. The highest BCUT2D eigenvalue weighted by Crippen LogP contribution is 2.35. The molecule has 0 saturated carbocycles. The fourth-order valence-electron chi connectivity index (χ4n) is 2.69. The number of ether oxygens (including phenoxy) is 2. The number of anilines is 1. The predicted molar refractivity (Wildman–Crippen MR) is 120 cm³/mol. The van der Waals surface area contributed by atoms with Gasteiger partial charge < -0.3 is 9.47 Å². The summed E-state index contributed by atoms with van der Waals surface area (Å²) in [4.78, 5) is 17.1. The van der Waals surface area contributed by atoms with Gasteiger partial charge in [-0.15, -0.1) is 17.9 Å². The molecule has 10 heteroatoms. The van der Waals surface area contributed by atoms with Crippen LogP contribution in [-0.4, -0.2) is 40.1 Å². The van der Waals surface area contributed by atoms with E-state index in [4.69, 9.17) is 9.47 Å². The number of hydrogen-bond donors (Lipinski definition) is 2. The second kappa shape index (κ2) is 9.73. The van der Waals surface area contributed by atoms with Crippen LogP contribution in [0.2, 0.25) is 0 Å². The Balaban J connectivity index is 1.81. The molecule has 3 rings (SSSR count). The van der Waals surface area contributed by atoms with Gasteiger partial charge in [-0.3, -0.25) is 10.1 Å². The molecule has 2 N–H and O–H groups in total. The van der Waals surface area contributed by atoms with Gasteiger partial charge in [0.1, 0.15) is 11.5 Å². The molecule has 0 radical (unpaired) electrons. The number of methoxy groups -OCH3 is 2.